The number of aryl methyl sites for hydroxylation is 1. The molecule has 1 aromatic heterocycles. The van der Waals surface area contributed by atoms with E-state index in [2.05, 4.69) is 0 Å². The molecule has 0 spiro atoms. The summed E-state index contributed by atoms with van der Waals surface area (Å²) >= 11 is 0. The van der Waals surface area contributed by atoms with Gasteiger partial charge in [0, 0.05) is 42.8 Å². The monoisotopic (exact) mass is 495 g/mol. The van der Waals surface area contributed by atoms with Crippen molar-refractivity contribution in [2.45, 2.75) is 25.3 Å². The molecule has 1 heterocycles. The molecule has 2 aromatic carbocycles. The summed E-state index contributed by atoms with van der Waals surface area (Å²) in [7, 11) is -0.770. The van der Waals surface area contributed by atoms with E-state index in [1.807, 2.05) is 6.92 Å². The van der Waals surface area contributed by atoms with Crippen molar-refractivity contribution in [2.24, 2.45) is 5.73 Å². The molecule has 3 rings (SSSR count). The zero-order chi connectivity index (χ0) is 23.8. The lowest BCUT2D eigenvalue weighted by atomic mass is 9.97. The van der Waals surface area contributed by atoms with Gasteiger partial charge in [0.25, 0.3) is 0 Å². The van der Waals surface area contributed by atoms with E-state index < -0.39 is 21.8 Å². The van der Waals surface area contributed by atoms with Crippen molar-refractivity contribution >= 4 is 39.3 Å². The summed E-state index contributed by atoms with van der Waals surface area (Å²) in [5.74, 6) is -1.50. The van der Waals surface area contributed by atoms with E-state index in [4.69, 9.17) is 5.73 Å². The average molecular weight is 496 g/mol. The molecule has 0 amide bonds. The first-order valence-electron chi connectivity index (χ1n) is 9.93. The highest BCUT2D eigenvalue weighted by Crippen LogP contribution is 2.38. The molecule has 178 valence electrons. The van der Waals surface area contributed by atoms with Crippen molar-refractivity contribution in [3.05, 3.63) is 65.1 Å². The zero-order valence-electron chi connectivity index (χ0n) is 18.8. The van der Waals surface area contributed by atoms with Crippen molar-refractivity contribution < 1.29 is 22.7 Å². The number of sulfonamides is 1. The summed E-state index contributed by atoms with van der Waals surface area (Å²) in [4.78, 5) is 11.7. The molecule has 0 fully saturated rings. The van der Waals surface area contributed by atoms with E-state index in [1.165, 1.54) is 38.4 Å². The topological polar surface area (TPSA) is 106 Å². The molecule has 0 saturated heterocycles. The number of carboxylic acids is 1. The fraction of sp³-hybridized carbons (Fsp3) is 0.261. The SMILES string of the molecule is Cc1ccc(S(=O)(=O)N(C)C)cc1-c1c(C)n(CC(F)=CCN)c2ccc(C(=O)O)cc12.Cl. The van der Waals surface area contributed by atoms with Crippen molar-refractivity contribution in [2.75, 3.05) is 20.6 Å². The van der Waals surface area contributed by atoms with E-state index in [1.54, 1.807) is 29.7 Å². The maximum absolute atomic E-state index is 14.4. The van der Waals surface area contributed by atoms with Gasteiger partial charge in [-0.05, 0) is 61.4 Å². The van der Waals surface area contributed by atoms with Gasteiger partial charge in [-0.3, -0.25) is 0 Å². The molecule has 10 heteroatoms. The first-order valence-corrected chi connectivity index (χ1v) is 11.4. The van der Waals surface area contributed by atoms with Gasteiger partial charge in [-0.1, -0.05) is 6.07 Å². The number of carbonyl (C=O) groups is 1. The predicted octanol–water partition coefficient (Wildman–Crippen LogP) is 4.11. The van der Waals surface area contributed by atoms with Crippen molar-refractivity contribution in [1.29, 1.82) is 0 Å². The van der Waals surface area contributed by atoms with Crippen LogP contribution in [0, 0.1) is 13.8 Å². The number of aromatic nitrogens is 1. The van der Waals surface area contributed by atoms with Gasteiger partial charge in [-0.15, -0.1) is 12.4 Å². The van der Waals surface area contributed by atoms with Crippen LogP contribution in [0.25, 0.3) is 22.0 Å². The number of carboxylic acid groups (broad SMARTS) is 1. The van der Waals surface area contributed by atoms with Crippen LogP contribution in [-0.4, -0.2) is 49.0 Å². The molecular formula is C23H27ClFN3O4S. The highest BCUT2D eigenvalue weighted by Gasteiger charge is 2.23. The molecule has 3 N–H and O–H groups in total. The Hall–Kier alpha value is -2.72. The Kier molecular flexibility index (Phi) is 8.08. The van der Waals surface area contributed by atoms with E-state index in [9.17, 15) is 22.7 Å². The van der Waals surface area contributed by atoms with Gasteiger partial charge in [0.05, 0.1) is 17.0 Å². The molecule has 0 aliphatic heterocycles. The second-order valence-corrected chi connectivity index (χ2v) is 9.89. The fourth-order valence-corrected chi connectivity index (χ4v) is 4.67. The number of fused-ring (bicyclic) bond motifs is 1. The first-order chi connectivity index (χ1) is 15.0. The van der Waals surface area contributed by atoms with Crippen molar-refractivity contribution in [3.8, 4) is 11.1 Å². The van der Waals surface area contributed by atoms with Crippen LogP contribution in [0.2, 0.25) is 0 Å². The highest BCUT2D eigenvalue weighted by atomic mass is 35.5. The lowest BCUT2D eigenvalue weighted by Gasteiger charge is -2.14. The van der Waals surface area contributed by atoms with Gasteiger partial charge < -0.3 is 15.4 Å². The predicted molar refractivity (Wildman–Crippen MR) is 130 cm³/mol. The van der Waals surface area contributed by atoms with E-state index >= 15 is 0 Å². The van der Waals surface area contributed by atoms with Crippen molar-refractivity contribution in [1.82, 2.24) is 8.87 Å². The molecule has 0 bridgehead atoms. The second kappa shape index (κ2) is 10.0. The zero-order valence-corrected chi connectivity index (χ0v) is 20.4. The minimum atomic E-state index is -3.68. The Morgan fingerprint density at radius 3 is 2.42 bits per heavy atom. The normalized spacial score (nSPS) is 12.3. The Morgan fingerprint density at radius 1 is 1.18 bits per heavy atom. The van der Waals surface area contributed by atoms with Crippen LogP contribution in [0.15, 0.2) is 53.2 Å². The number of aromatic carboxylic acids is 1. The third-order valence-electron chi connectivity index (χ3n) is 5.48. The quantitative estimate of drug-likeness (QED) is 0.513. The van der Waals surface area contributed by atoms with Crippen LogP contribution in [-0.2, 0) is 16.6 Å². The third kappa shape index (κ3) is 4.96. The number of nitrogens with two attached hydrogens (primary N) is 1. The maximum Gasteiger partial charge on any atom is 0.335 e. The number of benzene rings is 2. The minimum absolute atomic E-state index is 0. The van der Waals surface area contributed by atoms with Gasteiger partial charge >= 0.3 is 5.97 Å². The van der Waals surface area contributed by atoms with Gasteiger partial charge in [0.2, 0.25) is 10.0 Å². The molecule has 0 saturated carbocycles. The molecule has 0 unspecified atom stereocenters. The fourth-order valence-electron chi connectivity index (χ4n) is 3.74. The lowest BCUT2D eigenvalue weighted by Crippen LogP contribution is -2.22. The third-order valence-corrected chi connectivity index (χ3v) is 7.29. The van der Waals surface area contributed by atoms with Crippen LogP contribution in [0.5, 0.6) is 0 Å². The van der Waals surface area contributed by atoms with Crippen LogP contribution >= 0.6 is 12.4 Å². The molecule has 33 heavy (non-hydrogen) atoms. The summed E-state index contributed by atoms with van der Waals surface area (Å²) in [6.07, 6.45) is 1.28. The van der Waals surface area contributed by atoms with E-state index in [0.29, 0.717) is 27.7 Å². The van der Waals surface area contributed by atoms with Gasteiger partial charge in [0.1, 0.15) is 5.83 Å². The van der Waals surface area contributed by atoms with E-state index in [0.717, 1.165) is 9.87 Å². The summed E-state index contributed by atoms with van der Waals surface area (Å²) < 4.78 is 42.7. The molecule has 0 aliphatic carbocycles. The Morgan fingerprint density at radius 2 is 1.85 bits per heavy atom. The highest BCUT2D eigenvalue weighted by molar-refractivity contribution is 7.89. The minimum Gasteiger partial charge on any atom is -0.478 e. The van der Waals surface area contributed by atoms with Crippen molar-refractivity contribution in [3.63, 3.8) is 0 Å². The summed E-state index contributed by atoms with van der Waals surface area (Å²) in [5, 5.41) is 10.1. The maximum atomic E-state index is 14.4. The molecular weight excluding hydrogens is 469 g/mol. The van der Waals surface area contributed by atoms with Gasteiger partial charge in [-0.25, -0.2) is 21.9 Å². The number of allylic oxidation sites excluding steroid dienone is 1. The number of rotatable bonds is 7. The Labute approximate surface area is 198 Å². The standard InChI is InChI=1S/C23H26FN3O4S.ClH/c1-14-5-7-18(32(30,31)26(3)4)12-19(14)22-15(2)27(13-17(24)9-10-25)21-8-6-16(23(28)29)11-20(21)22;/h5-9,11-12H,10,13,25H2,1-4H3,(H,28,29);1H. The van der Waals surface area contributed by atoms with E-state index in [-0.39, 0.29) is 36.0 Å². The number of halogens is 2. The largest absolute Gasteiger partial charge is 0.478 e. The number of hydrogen-bond acceptors (Lipinski definition) is 4. The van der Waals surface area contributed by atoms with Gasteiger partial charge in [-0.2, -0.15) is 0 Å². The average Bonchev–Trinajstić information content (AvgIpc) is 2.99. The van der Waals surface area contributed by atoms with Crippen LogP contribution in [0.3, 0.4) is 0 Å². The van der Waals surface area contributed by atoms with Gasteiger partial charge in [0.15, 0.2) is 0 Å². The molecule has 3 aromatic rings. The Bertz CT molecular complexity index is 1350. The molecule has 7 nitrogen and oxygen atoms in total. The first kappa shape index (κ1) is 26.5. The van der Waals surface area contributed by atoms with Crippen LogP contribution < -0.4 is 5.73 Å². The van der Waals surface area contributed by atoms with Crippen LogP contribution in [0.1, 0.15) is 21.6 Å². The summed E-state index contributed by atoms with van der Waals surface area (Å²) in [6.45, 7) is 3.64. The second-order valence-electron chi connectivity index (χ2n) is 7.73. The Balaban J connectivity index is 0.00000385. The molecule has 0 atom stereocenters. The molecule has 0 aliphatic rings. The number of nitrogens with zero attached hydrogens (tertiary/aromatic N) is 2. The summed E-state index contributed by atoms with van der Waals surface area (Å²) in [5.41, 5.74) is 8.96. The summed E-state index contributed by atoms with van der Waals surface area (Å²) in [6, 6.07) is 9.47. The number of hydrogen-bond donors (Lipinski definition) is 2. The lowest BCUT2D eigenvalue weighted by molar-refractivity contribution is 0.0697. The smallest absolute Gasteiger partial charge is 0.335 e. The molecule has 0 radical (unpaired) electrons. The van der Waals surface area contributed by atoms with Crippen LogP contribution in [0.4, 0.5) is 4.39 Å².